The van der Waals surface area contributed by atoms with Crippen molar-refractivity contribution in [1.29, 1.82) is 0 Å². The molecule has 0 aromatic carbocycles. The van der Waals surface area contributed by atoms with E-state index in [0.29, 0.717) is 0 Å². The lowest BCUT2D eigenvalue weighted by atomic mass is 9.97. The maximum Gasteiger partial charge on any atom is 0.0614 e. The van der Waals surface area contributed by atoms with Gasteiger partial charge < -0.3 is 15.5 Å². The van der Waals surface area contributed by atoms with Gasteiger partial charge >= 0.3 is 0 Å². The Bertz CT molecular complexity index is 91.8. The zero-order chi connectivity index (χ0) is 6.69. The Kier molecular flexibility index (Phi) is 4.99. The number of piperidine rings is 1. The minimum absolute atomic E-state index is 0. The molecule has 0 bridgehead atoms. The summed E-state index contributed by atoms with van der Waals surface area (Å²) in [6.45, 7) is 1.71. The topological polar surface area (TPSA) is 52.5 Å². The van der Waals surface area contributed by atoms with Crippen LogP contribution in [0.25, 0.3) is 0 Å². The predicted molar refractivity (Wildman–Crippen MR) is 41.3 cm³/mol. The number of rotatable bonds is 1. The van der Waals surface area contributed by atoms with Crippen LogP contribution in [0.1, 0.15) is 6.42 Å². The Hall–Kier alpha value is 0.170. The highest BCUT2D eigenvalue weighted by atomic mass is 35.5. The van der Waals surface area contributed by atoms with E-state index in [-0.39, 0.29) is 31.0 Å². The largest absolute Gasteiger partial charge is 0.396 e. The molecule has 3 N–H and O–H groups in total. The third kappa shape index (κ3) is 2.42. The highest BCUT2D eigenvalue weighted by Gasteiger charge is 2.21. The third-order valence-electron chi connectivity index (χ3n) is 1.80. The minimum Gasteiger partial charge on any atom is -0.396 e. The fourth-order valence-corrected chi connectivity index (χ4v) is 1.10. The monoisotopic (exact) mass is 167 g/mol. The fourth-order valence-electron chi connectivity index (χ4n) is 1.10. The van der Waals surface area contributed by atoms with Crippen molar-refractivity contribution in [1.82, 2.24) is 5.32 Å². The van der Waals surface area contributed by atoms with Crippen LogP contribution in [0.5, 0.6) is 0 Å². The fraction of sp³-hybridized carbons (Fsp3) is 1.00. The van der Waals surface area contributed by atoms with Crippen molar-refractivity contribution in [3.63, 3.8) is 0 Å². The molecule has 1 heterocycles. The molecule has 0 radical (unpaired) electrons. The number of nitrogens with one attached hydrogen (secondary N) is 1. The summed E-state index contributed by atoms with van der Waals surface area (Å²) >= 11 is 0. The first-order valence-electron chi connectivity index (χ1n) is 3.34. The summed E-state index contributed by atoms with van der Waals surface area (Å²) in [6.07, 6.45) is 0.474. The standard InChI is InChI=1S/C6H13NO2.ClH/c8-4-5-3-7-2-1-6(5)9;/h5-9H,1-4H2;1H. The molecule has 4 heteroatoms. The van der Waals surface area contributed by atoms with Gasteiger partial charge in [0, 0.05) is 19.1 Å². The molecule has 1 aliphatic heterocycles. The van der Waals surface area contributed by atoms with Crippen molar-refractivity contribution in [3.8, 4) is 0 Å². The van der Waals surface area contributed by atoms with Gasteiger partial charge in [-0.1, -0.05) is 0 Å². The zero-order valence-electron chi connectivity index (χ0n) is 5.79. The van der Waals surface area contributed by atoms with E-state index < -0.39 is 0 Å². The molecular weight excluding hydrogens is 154 g/mol. The van der Waals surface area contributed by atoms with E-state index >= 15 is 0 Å². The van der Waals surface area contributed by atoms with Crippen LogP contribution in [0, 0.1) is 5.92 Å². The minimum atomic E-state index is -0.295. The van der Waals surface area contributed by atoms with Crippen molar-refractivity contribution in [3.05, 3.63) is 0 Å². The van der Waals surface area contributed by atoms with Gasteiger partial charge in [-0.05, 0) is 13.0 Å². The van der Waals surface area contributed by atoms with Gasteiger partial charge in [-0.3, -0.25) is 0 Å². The Labute approximate surface area is 66.8 Å². The molecular formula is C6H14ClNO2. The molecule has 1 aliphatic rings. The summed E-state index contributed by atoms with van der Waals surface area (Å²) in [5.74, 6) is 0.0544. The molecule has 0 aromatic rings. The molecule has 10 heavy (non-hydrogen) atoms. The maximum atomic E-state index is 9.17. The van der Waals surface area contributed by atoms with Crippen LogP contribution in [0.2, 0.25) is 0 Å². The molecule has 1 saturated heterocycles. The first kappa shape index (κ1) is 10.2. The number of hydrogen-bond donors (Lipinski definition) is 3. The van der Waals surface area contributed by atoms with E-state index in [1.165, 1.54) is 0 Å². The van der Waals surface area contributed by atoms with Crippen LogP contribution in [-0.4, -0.2) is 36.0 Å². The second-order valence-corrected chi connectivity index (χ2v) is 2.50. The molecule has 3 nitrogen and oxygen atoms in total. The lowest BCUT2D eigenvalue weighted by Crippen LogP contribution is -2.41. The van der Waals surface area contributed by atoms with Crippen LogP contribution in [0.15, 0.2) is 0 Å². The molecule has 2 unspecified atom stereocenters. The molecule has 1 rings (SSSR count). The molecule has 2 atom stereocenters. The smallest absolute Gasteiger partial charge is 0.0614 e. The number of hydrogen-bond acceptors (Lipinski definition) is 3. The SMILES string of the molecule is Cl.OCC1CNCCC1O. The Morgan fingerprint density at radius 1 is 1.50 bits per heavy atom. The van der Waals surface area contributed by atoms with E-state index in [1.54, 1.807) is 0 Å². The van der Waals surface area contributed by atoms with Crippen LogP contribution >= 0.6 is 12.4 Å². The van der Waals surface area contributed by atoms with Gasteiger partial charge in [-0.25, -0.2) is 0 Å². The molecule has 0 spiro atoms. The van der Waals surface area contributed by atoms with Gasteiger partial charge in [0.25, 0.3) is 0 Å². The van der Waals surface area contributed by atoms with E-state index in [4.69, 9.17) is 10.2 Å². The molecule has 0 saturated carbocycles. The van der Waals surface area contributed by atoms with Gasteiger partial charge in [-0.2, -0.15) is 0 Å². The quantitative estimate of drug-likeness (QED) is 0.488. The van der Waals surface area contributed by atoms with Crippen molar-refractivity contribution in [2.75, 3.05) is 19.7 Å². The highest BCUT2D eigenvalue weighted by molar-refractivity contribution is 5.85. The van der Waals surface area contributed by atoms with E-state index in [2.05, 4.69) is 5.32 Å². The van der Waals surface area contributed by atoms with Gasteiger partial charge in [-0.15, -0.1) is 12.4 Å². The normalized spacial score (nSPS) is 33.0. The molecule has 1 fully saturated rings. The lowest BCUT2D eigenvalue weighted by Gasteiger charge is -2.26. The first-order chi connectivity index (χ1) is 4.34. The zero-order valence-corrected chi connectivity index (χ0v) is 6.60. The van der Waals surface area contributed by atoms with Gasteiger partial charge in [0.15, 0.2) is 0 Å². The summed E-state index contributed by atoms with van der Waals surface area (Å²) in [6, 6.07) is 0. The van der Waals surface area contributed by atoms with Crippen LogP contribution in [-0.2, 0) is 0 Å². The van der Waals surface area contributed by atoms with Crippen molar-refractivity contribution >= 4 is 12.4 Å². The molecule has 0 amide bonds. The highest BCUT2D eigenvalue weighted by Crippen LogP contribution is 2.09. The van der Waals surface area contributed by atoms with Crippen molar-refractivity contribution < 1.29 is 10.2 Å². The molecule has 62 valence electrons. The maximum absolute atomic E-state index is 9.17. The van der Waals surface area contributed by atoms with Gasteiger partial charge in [0.2, 0.25) is 0 Å². The van der Waals surface area contributed by atoms with Gasteiger partial charge in [0.05, 0.1) is 6.10 Å². The Morgan fingerprint density at radius 2 is 2.20 bits per heavy atom. The average Bonchev–Trinajstić information content (AvgIpc) is 1.89. The number of halogens is 1. The second-order valence-electron chi connectivity index (χ2n) is 2.50. The average molecular weight is 168 g/mol. The van der Waals surface area contributed by atoms with Gasteiger partial charge in [0.1, 0.15) is 0 Å². The first-order valence-corrected chi connectivity index (χ1v) is 3.34. The summed E-state index contributed by atoms with van der Waals surface area (Å²) in [5.41, 5.74) is 0. The third-order valence-corrected chi connectivity index (χ3v) is 1.80. The molecule has 0 aliphatic carbocycles. The van der Waals surface area contributed by atoms with E-state index in [0.717, 1.165) is 19.5 Å². The lowest BCUT2D eigenvalue weighted by molar-refractivity contribution is 0.0447. The van der Waals surface area contributed by atoms with Crippen LogP contribution in [0.3, 0.4) is 0 Å². The predicted octanol–water partition coefficient (Wildman–Crippen LogP) is -0.629. The van der Waals surface area contributed by atoms with Crippen LogP contribution < -0.4 is 5.32 Å². The van der Waals surface area contributed by atoms with Crippen molar-refractivity contribution in [2.24, 2.45) is 5.92 Å². The summed E-state index contributed by atoms with van der Waals surface area (Å²) < 4.78 is 0. The summed E-state index contributed by atoms with van der Waals surface area (Å²) in [4.78, 5) is 0. The Morgan fingerprint density at radius 3 is 2.60 bits per heavy atom. The van der Waals surface area contributed by atoms with E-state index in [1.807, 2.05) is 0 Å². The van der Waals surface area contributed by atoms with Crippen molar-refractivity contribution in [2.45, 2.75) is 12.5 Å². The van der Waals surface area contributed by atoms with E-state index in [9.17, 15) is 0 Å². The number of aliphatic hydroxyl groups excluding tert-OH is 2. The van der Waals surface area contributed by atoms with Crippen LogP contribution in [0.4, 0.5) is 0 Å². The summed E-state index contributed by atoms with van der Waals surface area (Å²) in [7, 11) is 0. The number of aliphatic hydroxyl groups is 2. The summed E-state index contributed by atoms with van der Waals surface area (Å²) in [5, 5.41) is 20.9. The second kappa shape index (κ2) is 4.91. The molecule has 0 aromatic heterocycles. The Balaban J connectivity index is 0.000000810.